The van der Waals surface area contributed by atoms with Crippen LogP contribution in [0.15, 0.2) is 59.8 Å². The maximum atomic E-state index is 12.7. The van der Waals surface area contributed by atoms with Crippen LogP contribution >= 0.6 is 11.6 Å². The Kier molecular flexibility index (Phi) is 5.67. The number of aromatic nitrogens is 2. The molecule has 3 aromatic rings. The molecule has 0 atom stereocenters. The number of nitrogens with one attached hydrogen (secondary N) is 1. The first-order valence-electron chi connectivity index (χ1n) is 8.01. The fourth-order valence-electron chi connectivity index (χ4n) is 2.29. The summed E-state index contributed by atoms with van der Waals surface area (Å²) in [5, 5.41) is 0.130. The van der Waals surface area contributed by atoms with E-state index in [1.54, 1.807) is 25.3 Å². The van der Waals surface area contributed by atoms with Gasteiger partial charge in [-0.1, -0.05) is 11.6 Å². The van der Waals surface area contributed by atoms with Gasteiger partial charge in [0.05, 0.1) is 21.2 Å². The number of sulfonamides is 1. The highest BCUT2D eigenvalue weighted by molar-refractivity contribution is 7.92. The Labute approximate surface area is 169 Å². The van der Waals surface area contributed by atoms with E-state index in [-0.39, 0.29) is 21.5 Å². The van der Waals surface area contributed by atoms with Crippen molar-refractivity contribution in [3.8, 4) is 11.6 Å². The minimum Gasteiger partial charge on any atom is -0.435 e. The molecule has 3 rings (SSSR count). The summed E-state index contributed by atoms with van der Waals surface area (Å²) in [6.07, 6.45) is -1.75. The topological polar surface area (TPSA) is 81.2 Å². The highest BCUT2D eigenvalue weighted by Gasteiger charge is 2.30. The molecule has 152 valence electrons. The number of benzene rings is 1. The standard InChI is InChI=1S/C18H13ClF3N3O3S/c1-11-16(3-2-8-23-11)28-17-15(9-13(19)10-24-17)25-29(26,27)14-6-4-12(5-7-14)18(20,21)22/h2-10,25H,1H3. The molecular formula is C18H13ClF3N3O3S. The summed E-state index contributed by atoms with van der Waals surface area (Å²) in [5.41, 5.74) is -0.501. The van der Waals surface area contributed by atoms with Crippen LogP contribution in [0.5, 0.6) is 11.6 Å². The average Bonchev–Trinajstić information content (AvgIpc) is 2.65. The summed E-state index contributed by atoms with van der Waals surface area (Å²) in [7, 11) is -4.23. The molecule has 0 saturated heterocycles. The quantitative estimate of drug-likeness (QED) is 0.596. The lowest BCUT2D eigenvalue weighted by Crippen LogP contribution is -2.14. The van der Waals surface area contributed by atoms with E-state index in [1.165, 1.54) is 12.3 Å². The van der Waals surface area contributed by atoms with Gasteiger partial charge in [-0.05, 0) is 49.4 Å². The highest BCUT2D eigenvalue weighted by Crippen LogP contribution is 2.33. The van der Waals surface area contributed by atoms with E-state index >= 15 is 0 Å². The fourth-order valence-corrected chi connectivity index (χ4v) is 3.50. The third-order valence-electron chi connectivity index (χ3n) is 3.72. The van der Waals surface area contributed by atoms with E-state index < -0.39 is 21.8 Å². The molecule has 11 heteroatoms. The molecule has 1 aromatic carbocycles. The zero-order valence-corrected chi connectivity index (χ0v) is 16.3. The Bertz CT molecular complexity index is 1140. The summed E-state index contributed by atoms with van der Waals surface area (Å²) in [5.74, 6) is 0.248. The third kappa shape index (κ3) is 4.96. The number of anilines is 1. The van der Waals surface area contributed by atoms with Crippen LogP contribution in [0, 0.1) is 6.92 Å². The molecule has 2 heterocycles. The van der Waals surface area contributed by atoms with Crippen molar-refractivity contribution < 1.29 is 26.3 Å². The molecule has 0 aliphatic carbocycles. The number of rotatable bonds is 5. The van der Waals surface area contributed by atoms with Crippen LogP contribution in [0.4, 0.5) is 18.9 Å². The molecule has 0 unspecified atom stereocenters. The van der Waals surface area contributed by atoms with Crippen molar-refractivity contribution in [1.29, 1.82) is 0 Å². The van der Waals surface area contributed by atoms with Crippen molar-refractivity contribution in [3.05, 3.63) is 71.1 Å². The van der Waals surface area contributed by atoms with E-state index in [1.807, 2.05) is 0 Å². The zero-order valence-electron chi connectivity index (χ0n) is 14.7. The minimum atomic E-state index is -4.57. The monoisotopic (exact) mass is 443 g/mol. The van der Waals surface area contributed by atoms with Gasteiger partial charge in [0, 0.05) is 12.4 Å². The van der Waals surface area contributed by atoms with Crippen molar-refractivity contribution >= 4 is 27.3 Å². The molecule has 0 fully saturated rings. The van der Waals surface area contributed by atoms with Gasteiger partial charge in [-0.15, -0.1) is 0 Å². The lowest BCUT2D eigenvalue weighted by molar-refractivity contribution is -0.137. The van der Waals surface area contributed by atoms with Crippen molar-refractivity contribution in [2.24, 2.45) is 0 Å². The molecule has 0 saturated carbocycles. The second-order valence-electron chi connectivity index (χ2n) is 5.82. The Morgan fingerprint density at radius 2 is 1.79 bits per heavy atom. The normalized spacial score (nSPS) is 11.9. The van der Waals surface area contributed by atoms with Gasteiger partial charge in [0.15, 0.2) is 5.75 Å². The van der Waals surface area contributed by atoms with Gasteiger partial charge in [0.25, 0.3) is 10.0 Å². The molecule has 0 aliphatic heterocycles. The number of ether oxygens (including phenoxy) is 1. The number of alkyl halides is 3. The van der Waals surface area contributed by atoms with Crippen LogP contribution in [0.1, 0.15) is 11.3 Å². The number of pyridine rings is 2. The van der Waals surface area contributed by atoms with Gasteiger partial charge >= 0.3 is 6.18 Å². The highest BCUT2D eigenvalue weighted by atomic mass is 35.5. The van der Waals surface area contributed by atoms with E-state index in [2.05, 4.69) is 14.7 Å². The number of nitrogens with zero attached hydrogens (tertiary/aromatic N) is 2. The van der Waals surface area contributed by atoms with Gasteiger partial charge < -0.3 is 4.74 Å². The maximum Gasteiger partial charge on any atom is 0.416 e. The van der Waals surface area contributed by atoms with Crippen LogP contribution in [0.25, 0.3) is 0 Å². The van der Waals surface area contributed by atoms with Crippen molar-refractivity contribution in [1.82, 2.24) is 9.97 Å². The molecule has 0 amide bonds. The van der Waals surface area contributed by atoms with Crippen LogP contribution in [-0.2, 0) is 16.2 Å². The molecule has 0 spiro atoms. The molecule has 0 aliphatic rings. The summed E-state index contributed by atoms with van der Waals surface area (Å²) in [6.45, 7) is 1.69. The summed E-state index contributed by atoms with van der Waals surface area (Å²) < 4.78 is 71.2. The number of halogens is 4. The van der Waals surface area contributed by atoms with E-state index in [9.17, 15) is 21.6 Å². The number of aryl methyl sites for hydroxylation is 1. The van der Waals surface area contributed by atoms with Crippen LogP contribution in [0.3, 0.4) is 0 Å². The Morgan fingerprint density at radius 3 is 2.41 bits per heavy atom. The van der Waals surface area contributed by atoms with Gasteiger partial charge in [-0.25, -0.2) is 13.4 Å². The lowest BCUT2D eigenvalue weighted by atomic mass is 10.2. The average molecular weight is 444 g/mol. The van der Waals surface area contributed by atoms with E-state index in [0.717, 1.165) is 12.1 Å². The van der Waals surface area contributed by atoms with E-state index in [0.29, 0.717) is 23.6 Å². The zero-order chi connectivity index (χ0) is 21.2. The second kappa shape index (κ2) is 7.88. The van der Waals surface area contributed by atoms with Gasteiger partial charge in [-0.3, -0.25) is 9.71 Å². The van der Waals surface area contributed by atoms with Gasteiger partial charge in [-0.2, -0.15) is 13.2 Å². The minimum absolute atomic E-state index is 0.0827. The smallest absolute Gasteiger partial charge is 0.416 e. The fraction of sp³-hybridized carbons (Fsp3) is 0.111. The van der Waals surface area contributed by atoms with Crippen LogP contribution in [-0.4, -0.2) is 18.4 Å². The van der Waals surface area contributed by atoms with Crippen molar-refractivity contribution in [2.45, 2.75) is 18.0 Å². The Balaban J connectivity index is 1.92. The third-order valence-corrected chi connectivity index (χ3v) is 5.31. The van der Waals surface area contributed by atoms with Gasteiger partial charge in [0.2, 0.25) is 5.88 Å². The predicted octanol–water partition coefficient (Wildman–Crippen LogP) is 5.05. The van der Waals surface area contributed by atoms with Crippen LogP contribution < -0.4 is 9.46 Å². The first-order valence-corrected chi connectivity index (χ1v) is 9.87. The maximum absolute atomic E-state index is 12.7. The summed E-state index contributed by atoms with van der Waals surface area (Å²) in [6, 6.07) is 7.60. The summed E-state index contributed by atoms with van der Waals surface area (Å²) >= 11 is 5.91. The van der Waals surface area contributed by atoms with Crippen LogP contribution in [0.2, 0.25) is 5.02 Å². The molecular weight excluding hydrogens is 431 g/mol. The molecule has 0 bridgehead atoms. The SMILES string of the molecule is Cc1ncccc1Oc1ncc(Cl)cc1NS(=O)(=O)c1ccc(C(F)(F)F)cc1. The number of hydrogen-bond donors (Lipinski definition) is 1. The molecule has 2 aromatic heterocycles. The second-order valence-corrected chi connectivity index (χ2v) is 7.94. The largest absolute Gasteiger partial charge is 0.435 e. The Morgan fingerprint density at radius 1 is 1.10 bits per heavy atom. The van der Waals surface area contributed by atoms with Crippen molar-refractivity contribution in [2.75, 3.05) is 4.72 Å². The first kappa shape index (κ1) is 20.9. The molecule has 1 N–H and O–H groups in total. The molecule has 29 heavy (non-hydrogen) atoms. The number of hydrogen-bond acceptors (Lipinski definition) is 5. The predicted molar refractivity (Wildman–Crippen MR) is 101 cm³/mol. The van der Waals surface area contributed by atoms with Gasteiger partial charge in [0.1, 0.15) is 5.69 Å². The molecule has 0 radical (unpaired) electrons. The lowest BCUT2D eigenvalue weighted by Gasteiger charge is -2.14. The molecule has 6 nitrogen and oxygen atoms in total. The Hall–Kier alpha value is -2.85. The van der Waals surface area contributed by atoms with E-state index in [4.69, 9.17) is 16.3 Å². The van der Waals surface area contributed by atoms with Crippen molar-refractivity contribution in [3.63, 3.8) is 0 Å². The first-order chi connectivity index (χ1) is 13.6. The summed E-state index contributed by atoms with van der Waals surface area (Å²) in [4.78, 5) is 7.68.